The molecule has 0 aliphatic rings. The second-order valence-electron chi connectivity index (χ2n) is 5.32. The minimum Gasteiger partial charge on any atom is -0.481 e. The summed E-state index contributed by atoms with van der Waals surface area (Å²) in [5.41, 5.74) is -0.762. The standard InChI is InChI=1S/C13H23NO6/c1-5-6-7-19-12(18)14-9(8-10(15)16)11(17)20-13(2,3)4/h9H,5-8H2,1-4H3,(H,14,18)(H,15,16). The van der Waals surface area contributed by atoms with Crippen molar-refractivity contribution in [3.05, 3.63) is 0 Å². The molecule has 116 valence electrons. The Morgan fingerprint density at radius 1 is 1.25 bits per heavy atom. The van der Waals surface area contributed by atoms with Crippen molar-refractivity contribution in [3.63, 3.8) is 0 Å². The SMILES string of the molecule is CCCCOC(=O)NC(CC(=O)O)C(=O)OC(C)(C)C. The van der Waals surface area contributed by atoms with Gasteiger partial charge < -0.3 is 19.9 Å². The maximum atomic E-state index is 11.8. The molecule has 0 fully saturated rings. The van der Waals surface area contributed by atoms with Crippen LogP contribution in [0, 0.1) is 0 Å². The van der Waals surface area contributed by atoms with E-state index in [2.05, 4.69) is 5.32 Å². The van der Waals surface area contributed by atoms with Gasteiger partial charge in [0.25, 0.3) is 0 Å². The van der Waals surface area contributed by atoms with E-state index in [9.17, 15) is 14.4 Å². The zero-order valence-electron chi connectivity index (χ0n) is 12.4. The molecule has 7 nitrogen and oxygen atoms in total. The Bertz CT molecular complexity index is 347. The molecule has 0 aromatic rings. The molecular formula is C13H23NO6. The third-order valence-electron chi connectivity index (χ3n) is 2.09. The van der Waals surface area contributed by atoms with E-state index in [1.807, 2.05) is 6.92 Å². The molecule has 0 bridgehead atoms. The molecule has 0 aliphatic carbocycles. The van der Waals surface area contributed by atoms with Gasteiger partial charge in [-0.05, 0) is 27.2 Å². The fourth-order valence-electron chi connectivity index (χ4n) is 1.23. The summed E-state index contributed by atoms with van der Waals surface area (Å²) in [6, 6.07) is -1.26. The lowest BCUT2D eigenvalue weighted by molar-refractivity contribution is -0.159. The van der Waals surface area contributed by atoms with E-state index in [1.54, 1.807) is 20.8 Å². The summed E-state index contributed by atoms with van der Waals surface area (Å²) in [4.78, 5) is 34.0. The van der Waals surface area contributed by atoms with Crippen LogP contribution in [-0.2, 0) is 19.1 Å². The van der Waals surface area contributed by atoms with E-state index >= 15 is 0 Å². The molecule has 1 unspecified atom stereocenters. The first kappa shape index (κ1) is 18.2. The van der Waals surface area contributed by atoms with E-state index < -0.39 is 36.1 Å². The molecule has 0 radical (unpaired) electrons. The molecule has 7 heteroatoms. The molecule has 0 saturated carbocycles. The van der Waals surface area contributed by atoms with E-state index in [0.717, 1.165) is 6.42 Å². The van der Waals surface area contributed by atoms with Crippen LogP contribution in [0.15, 0.2) is 0 Å². The Balaban J connectivity index is 4.52. The van der Waals surface area contributed by atoms with Crippen molar-refractivity contribution >= 4 is 18.0 Å². The van der Waals surface area contributed by atoms with Gasteiger partial charge in [0.05, 0.1) is 13.0 Å². The lowest BCUT2D eigenvalue weighted by atomic mass is 10.1. The maximum absolute atomic E-state index is 11.8. The predicted octanol–water partition coefficient (Wildman–Crippen LogP) is 1.70. The van der Waals surface area contributed by atoms with Gasteiger partial charge >= 0.3 is 18.0 Å². The minimum absolute atomic E-state index is 0.219. The molecule has 0 rings (SSSR count). The zero-order valence-corrected chi connectivity index (χ0v) is 12.4. The molecule has 0 saturated heterocycles. The Kier molecular flexibility index (Phi) is 7.64. The summed E-state index contributed by atoms with van der Waals surface area (Å²) in [5.74, 6) is -2.01. The summed E-state index contributed by atoms with van der Waals surface area (Å²) in [7, 11) is 0. The Morgan fingerprint density at radius 2 is 1.85 bits per heavy atom. The lowest BCUT2D eigenvalue weighted by Crippen LogP contribution is -2.45. The van der Waals surface area contributed by atoms with Gasteiger partial charge in [-0.2, -0.15) is 0 Å². The molecule has 0 aromatic carbocycles. The van der Waals surface area contributed by atoms with Gasteiger partial charge in [0.2, 0.25) is 0 Å². The summed E-state index contributed by atoms with van der Waals surface area (Å²) < 4.78 is 9.88. The number of ether oxygens (including phenoxy) is 2. The highest BCUT2D eigenvalue weighted by atomic mass is 16.6. The van der Waals surface area contributed by atoms with Gasteiger partial charge in [-0.25, -0.2) is 9.59 Å². The van der Waals surface area contributed by atoms with E-state index in [1.165, 1.54) is 0 Å². The van der Waals surface area contributed by atoms with Crippen LogP contribution in [0.5, 0.6) is 0 Å². The van der Waals surface area contributed by atoms with Gasteiger partial charge in [-0.3, -0.25) is 4.79 Å². The largest absolute Gasteiger partial charge is 0.481 e. The number of nitrogens with one attached hydrogen (secondary N) is 1. The quantitative estimate of drug-likeness (QED) is 0.546. The number of carbonyl (C=O) groups excluding carboxylic acids is 2. The van der Waals surface area contributed by atoms with Crippen molar-refractivity contribution in [1.82, 2.24) is 5.32 Å². The average molecular weight is 289 g/mol. The molecule has 0 heterocycles. The van der Waals surface area contributed by atoms with Crippen LogP contribution in [-0.4, -0.2) is 41.4 Å². The summed E-state index contributed by atoms with van der Waals surface area (Å²) >= 11 is 0. The van der Waals surface area contributed by atoms with Gasteiger partial charge in [0, 0.05) is 0 Å². The van der Waals surface area contributed by atoms with E-state index in [-0.39, 0.29) is 6.61 Å². The number of hydrogen-bond acceptors (Lipinski definition) is 5. The minimum atomic E-state index is -1.26. The molecule has 0 aromatic heterocycles. The number of amides is 1. The third-order valence-corrected chi connectivity index (χ3v) is 2.09. The van der Waals surface area contributed by atoms with Crippen molar-refractivity contribution in [1.29, 1.82) is 0 Å². The van der Waals surface area contributed by atoms with Crippen LogP contribution < -0.4 is 5.32 Å². The van der Waals surface area contributed by atoms with Crippen LogP contribution in [0.25, 0.3) is 0 Å². The first-order valence-electron chi connectivity index (χ1n) is 6.53. The lowest BCUT2D eigenvalue weighted by Gasteiger charge is -2.23. The van der Waals surface area contributed by atoms with Crippen molar-refractivity contribution in [2.75, 3.05) is 6.61 Å². The van der Waals surface area contributed by atoms with Crippen molar-refractivity contribution < 1.29 is 29.0 Å². The smallest absolute Gasteiger partial charge is 0.407 e. The second-order valence-corrected chi connectivity index (χ2v) is 5.32. The highest BCUT2D eigenvalue weighted by Crippen LogP contribution is 2.10. The number of esters is 1. The molecular weight excluding hydrogens is 266 g/mol. The van der Waals surface area contributed by atoms with Crippen molar-refractivity contribution in [3.8, 4) is 0 Å². The first-order valence-corrected chi connectivity index (χ1v) is 6.53. The topological polar surface area (TPSA) is 102 Å². The highest BCUT2D eigenvalue weighted by Gasteiger charge is 2.29. The van der Waals surface area contributed by atoms with Crippen molar-refractivity contribution in [2.45, 2.75) is 58.6 Å². The van der Waals surface area contributed by atoms with Crippen LogP contribution in [0.1, 0.15) is 47.0 Å². The third kappa shape index (κ3) is 9.18. The van der Waals surface area contributed by atoms with Crippen LogP contribution >= 0.6 is 0 Å². The number of rotatable bonds is 7. The Labute approximate surface area is 118 Å². The number of alkyl carbamates (subject to hydrolysis) is 1. The average Bonchev–Trinajstić information content (AvgIpc) is 2.25. The molecule has 1 atom stereocenters. The Hall–Kier alpha value is -1.79. The second kappa shape index (κ2) is 8.39. The van der Waals surface area contributed by atoms with Crippen LogP contribution in [0.3, 0.4) is 0 Å². The summed E-state index contributed by atoms with van der Waals surface area (Å²) in [6.45, 7) is 7.12. The summed E-state index contributed by atoms with van der Waals surface area (Å²) in [5, 5.41) is 11.0. The zero-order chi connectivity index (χ0) is 15.8. The number of carboxylic acid groups (broad SMARTS) is 1. The first-order chi connectivity index (χ1) is 9.15. The Morgan fingerprint density at radius 3 is 2.30 bits per heavy atom. The molecule has 1 amide bonds. The normalized spacial score (nSPS) is 12.4. The van der Waals surface area contributed by atoms with Crippen LogP contribution in [0.4, 0.5) is 4.79 Å². The van der Waals surface area contributed by atoms with Gasteiger partial charge in [-0.1, -0.05) is 13.3 Å². The van der Waals surface area contributed by atoms with Gasteiger partial charge in [0.1, 0.15) is 11.6 Å². The number of hydrogen-bond donors (Lipinski definition) is 2. The predicted molar refractivity (Wildman–Crippen MR) is 71.3 cm³/mol. The maximum Gasteiger partial charge on any atom is 0.407 e. The number of carbonyl (C=O) groups is 3. The molecule has 0 aliphatic heterocycles. The van der Waals surface area contributed by atoms with Crippen LogP contribution in [0.2, 0.25) is 0 Å². The van der Waals surface area contributed by atoms with Gasteiger partial charge in [0.15, 0.2) is 0 Å². The highest BCUT2D eigenvalue weighted by molar-refractivity contribution is 5.85. The fraction of sp³-hybridized carbons (Fsp3) is 0.769. The van der Waals surface area contributed by atoms with Crippen molar-refractivity contribution in [2.24, 2.45) is 0 Å². The number of carboxylic acids is 1. The van der Waals surface area contributed by atoms with E-state index in [0.29, 0.717) is 6.42 Å². The molecule has 0 spiro atoms. The summed E-state index contributed by atoms with van der Waals surface area (Å²) in [6.07, 6.45) is 0.176. The monoisotopic (exact) mass is 289 g/mol. The van der Waals surface area contributed by atoms with E-state index in [4.69, 9.17) is 14.6 Å². The molecule has 2 N–H and O–H groups in total. The fourth-order valence-corrected chi connectivity index (χ4v) is 1.23. The molecule has 20 heavy (non-hydrogen) atoms. The number of unbranched alkanes of at least 4 members (excludes halogenated alkanes) is 1. The number of aliphatic carboxylic acids is 1. The van der Waals surface area contributed by atoms with Gasteiger partial charge in [-0.15, -0.1) is 0 Å².